The Hall–Kier alpha value is -2.89. The topological polar surface area (TPSA) is 83.0 Å². The fourth-order valence-corrected chi connectivity index (χ4v) is 7.65. The summed E-state index contributed by atoms with van der Waals surface area (Å²) >= 11 is 1.18. The minimum atomic E-state index is -1.00. The van der Waals surface area contributed by atoms with E-state index in [4.69, 9.17) is 4.74 Å². The van der Waals surface area contributed by atoms with Crippen LogP contribution in [0.3, 0.4) is 0 Å². The summed E-state index contributed by atoms with van der Waals surface area (Å²) in [6, 6.07) is 5.92. The zero-order chi connectivity index (χ0) is 31.3. The molecule has 3 fully saturated rings. The number of thiophene rings is 1. The van der Waals surface area contributed by atoms with Crippen molar-refractivity contribution in [3.8, 4) is 17.7 Å². The fraction of sp³-hybridized carbons (Fsp3) is 0.639. The van der Waals surface area contributed by atoms with Crippen molar-refractivity contribution in [3.05, 3.63) is 39.7 Å². The van der Waals surface area contributed by atoms with Gasteiger partial charge < -0.3 is 14.7 Å². The van der Waals surface area contributed by atoms with Crippen LogP contribution in [0.25, 0.3) is 0 Å². The summed E-state index contributed by atoms with van der Waals surface area (Å²) in [6.45, 7) is 11.6. The first-order valence-corrected chi connectivity index (χ1v) is 17.4. The van der Waals surface area contributed by atoms with Gasteiger partial charge in [0.05, 0.1) is 10.6 Å². The lowest BCUT2D eigenvalue weighted by atomic mass is 9.81. The van der Waals surface area contributed by atoms with Crippen molar-refractivity contribution in [3.63, 3.8) is 0 Å². The van der Waals surface area contributed by atoms with E-state index in [1.807, 2.05) is 37.9 Å². The zero-order valence-electron chi connectivity index (χ0n) is 26.9. The van der Waals surface area contributed by atoms with E-state index in [1.54, 1.807) is 0 Å². The number of hydrogen-bond donors (Lipinski definition) is 1. The average molecular weight is 620 g/mol. The molecule has 1 amide bonds. The summed E-state index contributed by atoms with van der Waals surface area (Å²) in [7, 11) is 0. The smallest absolute Gasteiger partial charge is 0.348 e. The highest BCUT2D eigenvalue weighted by Gasteiger charge is 2.38. The maximum Gasteiger partial charge on any atom is 0.348 e. The summed E-state index contributed by atoms with van der Waals surface area (Å²) < 4.78 is 6.39. The second kappa shape index (κ2) is 14.5. The quantitative estimate of drug-likeness (QED) is 0.304. The van der Waals surface area contributed by atoms with Gasteiger partial charge in [0.2, 0.25) is 11.8 Å². The molecule has 0 atom stereocenters. The highest BCUT2D eigenvalue weighted by molar-refractivity contribution is 7.15. The molecule has 0 bridgehead atoms. The standard InChI is InChI=1S/C36H49N3O4S/c1-25-8-10-27(11-9-25)34(40)39(31-23-30(16-18-36(2,3)4)44-33(31)35(41)42)28-12-14-29(15-13-28)43-32-22-26(17-19-37-32)24-38-20-6-5-7-21-38/h17,19,22-23,25,27-29H,5-15,20-21,24H2,1-4H3,(H,41,42). The van der Waals surface area contributed by atoms with Crippen molar-refractivity contribution in [2.24, 2.45) is 17.3 Å². The average Bonchev–Trinajstić information content (AvgIpc) is 3.42. The van der Waals surface area contributed by atoms with Gasteiger partial charge in [0, 0.05) is 36.2 Å². The lowest BCUT2D eigenvalue weighted by Gasteiger charge is -2.39. The van der Waals surface area contributed by atoms with Crippen LogP contribution in [0.1, 0.15) is 118 Å². The van der Waals surface area contributed by atoms with Gasteiger partial charge in [0.1, 0.15) is 11.0 Å². The molecule has 2 aromatic heterocycles. The molecule has 1 N–H and O–H groups in total. The van der Waals surface area contributed by atoms with Crippen molar-refractivity contribution in [2.45, 2.75) is 117 Å². The number of ether oxygens (including phenoxy) is 1. The molecule has 0 spiro atoms. The normalized spacial score (nSPS) is 24.6. The zero-order valence-corrected chi connectivity index (χ0v) is 27.8. The number of amides is 1. The lowest BCUT2D eigenvalue weighted by molar-refractivity contribution is -0.124. The Kier molecular flexibility index (Phi) is 10.7. The van der Waals surface area contributed by atoms with Gasteiger partial charge in [-0.1, -0.05) is 25.2 Å². The van der Waals surface area contributed by atoms with E-state index in [2.05, 4.69) is 40.8 Å². The number of carboxylic acid groups (broad SMARTS) is 1. The van der Waals surface area contributed by atoms with Crippen LogP contribution in [0.2, 0.25) is 0 Å². The van der Waals surface area contributed by atoms with Crippen molar-refractivity contribution in [1.82, 2.24) is 9.88 Å². The van der Waals surface area contributed by atoms with E-state index in [0.29, 0.717) is 22.4 Å². The fourth-order valence-electron chi connectivity index (χ4n) is 6.80. The number of aromatic nitrogens is 1. The third-order valence-electron chi connectivity index (χ3n) is 9.28. The number of carbonyl (C=O) groups is 2. The van der Waals surface area contributed by atoms with Gasteiger partial charge in [-0.3, -0.25) is 9.69 Å². The van der Waals surface area contributed by atoms with Crippen LogP contribution >= 0.6 is 11.3 Å². The van der Waals surface area contributed by atoms with Crippen LogP contribution in [0.15, 0.2) is 24.4 Å². The molecule has 0 aromatic carbocycles. The maximum atomic E-state index is 14.2. The van der Waals surface area contributed by atoms with Crippen molar-refractivity contribution in [1.29, 1.82) is 0 Å². The van der Waals surface area contributed by atoms with Crippen LogP contribution in [-0.4, -0.2) is 52.1 Å². The molecule has 2 aliphatic carbocycles. The summed E-state index contributed by atoms with van der Waals surface area (Å²) in [4.78, 5) is 36.5. The predicted octanol–water partition coefficient (Wildman–Crippen LogP) is 7.77. The highest BCUT2D eigenvalue weighted by Crippen LogP contribution is 2.39. The molecule has 238 valence electrons. The number of rotatable bonds is 8. The lowest BCUT2D eigenvalue weighted by Crippen LogP contribution is -2.47. The largest absolute Gasteiger partial charge is 0.477 e. The van der Waals surface area contributed by atoms with E-state index in [0.717, 1.165) is 71.0 Å². The van der Waals surface area contributed by atoms with Crippen molar-refractivity contribution >= 4 is 28.9 Å². The molecule has 5 rings (SSSR count). The summed E-state index contributed by atoms with van der Waals surface area (Å²) in [5, 5.41) is 10.2. The van der Waals surface area contributed by atoms with Crippen LogP contribution in [0.4, 0.5) is 5.69 Å². The van der Waals surface area contributed by atoms with Gasteiger partial charge in [0.25, 0.3) is 0 Å². The molecule has 44 heavy (non-hydrogen) atoms. The molecular weight excluding hydrogens is 570 g/mol. The molecule has 8 heteroatoms. The van der Waals surface area contributed by atoms with Crippen molar-refractivity contribution in [2.75, 3.05) is 18.0 Å². The number of hydrogen-bond acceptors (Lipinski definition) is 6. The molecular formula is C36H49N3O4S. The number of anilines is 1. The predicted molar refractivity (Wildman–Crippen MR) is 176 cm³/mol. The number of aromatic carboxylic acids is 1. The summed E-state index contributed by atoms with van der Waals surface area (Å²) in [6.07, 6.45) is 12.6. The van der Waals surface area contributed by atoms with Crippen LogP contribution in [0, 0.1) is 29.1 Å². The Labute approximate surface area is 267 Å². The Balaban J connectivity index is 1.32. The molecule has 2 saturated carbocycles. The second-order valence-corrected chi connectivity index (χ2v) is 15.2. The summed E-state index contributed by atoms with van der Waals surface area (Å²) in [5.41, 5.74) is 1.54. The number of pyridine rings is 1. The van der Waals surface area contributed by atoms with Gasteiger partial charge in [-0.2, -0.15) is 0 Å². The van der Waals surface area contributed by atoms with E-state index in [-0.39, 0.29) is 34.3 Å². The van der Waals surface area contributed by atoms with Crippen LogP contribution in [0.5, 0.6) is 5.88 Å². The Bertz CT molecular complexity index is 1350. The molecule has 0 radical (unpaired) electrons. The Morgan fingerprint density at radius 2 is 1.75 bits per heavy atom. The molecule has 1 saturated heterocycles. The van der Waals surface area contributed by atoms with Crippen LogP contribution in [-0.2, 0) is 11.3 Å². The van der Waals surface area contributed by atoms with E-state index in [9.17, 15) is 14.7 Å². The number of carbonyl (C=O) groups excluding carboxylic acids is 1. The first-order valence-electron chi connectivity index (χ1n) is 16.6. The van der Waals surface area contributed by atoms with Gasteiger partial charge in [0.15, 0.2) is 0 Å². The van der Waals surface area contributed by atoms with E-state index < -0.39 is 5.97 Å². The summed E-state index contributed by atoms with van der Waals surface area (Å²) in [5.74, 6) is 6.70. The third kappa shape index (κ3) is 8.63. The molecule has 2 aromatic rings. The van der Waals surface area contributed by atoms with Gasteiger partial charge in [-0.25, -0.2) is 9.78 Å². The minimum Gasteiger partial charge on any atom is -0.477 e. The van der Waals surface area contributed by atoms with Crippen molar-refractivity contribution < 1.29 is 19.4 Å². The molecule has 1 aliphatic heterocycles. The first kappa shape index (κ1) is 32.5. The SMILES string of the molecule is CC1CCC(C(=O)N(c2cc(C#CC(C)(C)C)sc2C(=O)O)C2CCC(Oc3cc(CN4CCCCC4)ccn3)CC2)CC1. The second-order valence-electron chi connectivity index (χ2n) is 14.2. The van der Waals surface area contributed by atoms with Crippen LogP contribution < -0.4 is 9.64 Å². The Morgan fingerprint density at radius 3 is 2.41 bits per heavy atom. The molecule has 7 nitrogen and oxygen atoms in total. The monoisotopic (exact) mass is 619 g/mol. The van der Waals surface area contributed by atoms with E-state index >= 15 is 0 Å². The van der Waals surface area contributed by atoms with Gasteiger partial charge >= 0.3 is 5.97 Å². The van der Waals surface area contributed by atoms with Gasteiger partial charge in [-0.05, 0) is 122 Å². The minimum absolute atomic E-state index is 0.0195. The number of piperidine rings is 1. The molecule has 0 unspecified atom stereocenters. The number of nitrogens with zero attached hydrogens (tertiary/aromatic N) is 3. The first-order chi connectivity index (χ1) is 21.1. The van der Waals surface area contributed by atoms with Gasteiger partial charge in [-0.15, -0.1) is 11.3 Å². The maximum absolute atomic E-state index is 14.2. The number of likely N-dealkylation sites (tertiary alicyclic amines) is 1. The number of carboxylic acids is 1. The highest BCUT2D eigenvalue weighted by atomic mass is 32.1. The molecule has 3 aliphatic rings. The Morgan fingerprint density at radius 1 is 1.05 bits per heavy atom. The molecule has 3 heterocycles. The van der Waals surface area contributed by atoms with E-state index in [1.165, 1.54) is 36.2 Å². The third-order valence-corrected chi connectivity index (χ3v) is 10.3.